The van der Waals surface area contributed by atoms with Crippen molar-refractivity contribution >= 4 is 23.1 Å². The van der Waals surface area contributed by atoms with Gasteiger partial charge in [0.1, 0.15) is 5.82 Å². The van der Waals surface area contributed by atoms with E-state index >= 15 is 0 Å². The summed E-state index contributed by atoms with van der Waals surface area (Å²) < 4.78 is 1.75. The first-order valence-corrected chi connectivity index (χ1v) is 7.49. The number of nitrogens with zero attached hydrogens (tertiary/aromatic N) is 3. The molecule has 0 saturated heterocycles. The molecule has 0 fully saturated rings. The van der Waals surface area contributed by atoms with Crippen molar-refractivity contribution < 1.29 is 4.79 Å². The average molecular weight is 308 g/mol. The standard InChI is InChI=1S/C16H16N6O/c23-15-10-17-5-6-18-14-4-7-22-16(21-14)13(9-19-22)11-2-1-3-12(8-11)20-15/h1-4,7-9,17H,5-6,10H2,(H,18,21)(H,20,23). The number of nitrogens with one attached hydrogen (secondary N) is 3. The van der Waals surface area contributed by atoms with Gasteiger partial charge in [-0.2, -0.15) is 5.10 Å². The monoisotopic (exact) mass is 308 g/mol. The van der Waals surface area contributed by atoms with Gasteiger partial charge in [-0.1, -0.05) is 12.1 Å². The molecule has 3 aromatic rings. The molecule has 0 radical (unpaired) electrons. The fourth-order valence-corrected chi connectivity index (χ4v) is 2.62. The van der Waals surface area contributed by atoms with Crippen LogP contribution < -0.4 is 16.0 Å². The van der Waals surface area contributed by atoms with Gasteiger partial charge in [0.05, 0.1) is 12.7 Å². The van der Waals surface area contributed by atoms with Crippen molar-refractivity contribution in [1.82, 2.24) is 19.9 Å². The summed E-state index contributed by atoms with van der Waals surface area (Å²) in [4.78, 5) is 16.6. The molecule has 1 aliphatic rings. The number of carbonyl (C=O) groups excluding carboxylic acids is 1. The number of fused-ring (bicyclic) bond motifs is 4. The second-order valence-corrected chi connectivity index (χ2v) is 5.37. The summed E-state index contributed by atoms with van der Waals surface area (Å²) in [5, 5.41) is 13.6. The molecular formula is C16H16N6O. The van der Waals surface area contributed by atoms with E-state index in [4.69, 9.17) is 0 Å². The van der Waals surface area contributed by atoms with Crippen molar-refractivity contribution in [3.63, 3.8) is 0 Å². The van der Waals surface area contributed by atoms with E-state index in [1.165, 1.54) is 0 Å². The fourth-order valence-electron chi connectivity index (χ4n) is 2.62. The van der Waals surface area contributed by atoms with Gasteiger partial charge in [0, 0.05) is 30.5 Å². The van der Waals surface area contributed by atoms with Gasteiger partial charge in [-0.05, 0) is 23.8 Å². The number of rotatable bonds is 0. The molecule has 0 spiro atoms. The highest BCUT2D eigenvalue weighted by Gasteiger charge is 2.11. The molecule has 4 bridgehead atoms. The number of hydrogen-bond donors (Lipinski definition) is 3. The number of amides is 1. The third-order valence-electron chi connectivity index (χ3n) is 3.72. The first kappa shape index (κ1) is 13.7. The molecule has 3 N–H and O–H groups in total. The molecule has 0 saturated carbocycles. The van der Waals surface area contributed by atoms with E-state index in [1.807, 2.05) is 36.5 Å². The van der Waals surface area contributed by atoms with Crippen LogP contribution in [0.4, 0.5) is 11.5 Å². The summed E-state index contributed by atoms with van der Waals surface area (Å²) in [6.45, 7) is 1.63. The maximum atomic E-state index is 11.9. The van der Waals surface area contributed by atoms with Gasteiger partial charge in [-0.15, -0.1) is 0 Å². The van der Waals surface area contributed by atoms with E-state index < -0.39 is 0 Å². The Hall–Kier alpha value is -2.93. The van der Waals surface area contributed by atoms with Gasteiger partial charge in [0.25, 0.3) is 0 Å². The number of carbonyl (C=O) groups is 1. The Bertz CT molecular complexity index is 872. The van der Waals surface area contributed by atoms with Gasteiger partial charge in [0.15, 0.2) is 5.65 Å². The zero-order valence-electron chi connectivity index (χ0n) is 12.4. The predicted molar refractivity (Wildman–Crippen MR) is 88.4 cm³/mol. The topological polar surface area (TPSA) is 83.4 Å². The SMILES string of the molecule is O=C1CNCCNc2ccn3ncc(c3n2)-c2cccc(c2)N1. The first-order chi connectivity index (χ1) is 11.3. The molecule has 2 aromatic heterocycles. The quantitative estimate of drug-likeness (QED) is 0.584. The zero-order chi connectivity index (χ0) is 15.6. The molecule has 3 heterocycles. The van der Waals surface area contributed by atoms with E-state index in [2.05, 4.69) is 26.0 Å². The minimum atomic E-state index is -0.0593. The Kier molecular flexibility index (Phi) is 3.39. The summed E-state index contributed by atoms with van der Waals surface area (Å²) in [6.07, 6.45) is 3.68. The molecule has 0 unspecified atom stereocenters. The maximum Gasteiger partial charge on any atom is 0.238 e. The minimum Gasteiger partial charge on any atom is -0.369 e. The third kappa shape index (κ3) is 2.74. The van der Waals surface area contributed by atoms with Crippen LogP contribution >= 0.6 is 0 Å². The molecular weight excluding hydrogens is 292 g/mol. The van der Waals surface area contributed by atoms with Gasteiger partial charge < -0.3 is 16.0 Å². The molecule has 0 atom stereocenters. The van der Waals surface area contributed by atoms with Crippen LogP contribution in [0.2, 0.25) is 0 Å². The van der Waals surface area contributed by atoms with Crippen molar-refractivity contribution in [1.29, 1.82) is 0 Å². The molecule has 116 valence electrons. The zero-order valence-corrected chi connectivity index (χ0v) is 12.4. The number of anilines is 2. The lowest BCUT2D eigenvalue weighted by molar-refractivity contribution is -0.115. The Morgan fingerprint density at radius 3 is 3.09 bits per heavy atom. The number of benzene rings is 1. The van der Waals surface area contributed by atoms with Crippen LogP contribution in [0.5, 0.6) is 0 Å². The van der Waals surface area contributed by atoms with Crippen molar-refractivity contribution in [3.05, 3.63) is 42.7 Å². The van der Waals surface area contributed by atoms with Crippen molar-refractivity contribution in [3.8, 4) is 11.1 Å². The molecule has 0 aliphatic carbocycles. The largest absolute Gasteiger partial charge is 0.369 e. The van der Waals surface area contributed by atoms with Crippen LogP contribution in [0.3, 0.4) is 0 Å². The fraction of sp³-hybridized carbons (Fsp3) is 0.188. The van der Waals surface area contributed by atoms with E-state index in [1.54, 1.807) is 10.7 Å². The lowest BCUT2D eigenvalue weighted by Crippen LogP contribution is -2.31. The van der Waals surface area contributed by atoms with Crippen molar-refractivity contribution in [2.45, 2.75) is 0 Å². The highest BCUT2D eigenvalue weighted by molar-refractivity contribution is 5.93. The number of hydrogen-bond acceptors (Lipinski definition) is 5. The number of aromatic nitrogens is 3. The minimum absolute atomic E-state index is 0.0593. The van der Waals surface area contributed by atoms with E-state index in [9.17, 15) is 4.79 Å². The van der Waals surface area contributed by atoms with Crippen LogP contribution in [0.15, 0.2) is 42.7 Å². The van der Waals surface area contributed by atoms with Crippen LogP contribution in [-0.2, 0) is 4.79 Å². The van der Waals surface area contributed by atoms with E-state index in [0.717, 1.165) is 28.3 Å². The first-order valence-electron chi connectivity index (χ1n) is 7.49. The van der Waals surface area contributed by atoms with Crippen LogP contribution in [0.1, 0.15) is 0 Å². The average Bonchev–Trinajstić information content (AvgIpc) is 2.97. The molecule has 1 amide bonds. The highest BCUT2D eigenvalue weighted by Crippen LogP contribution is 2.26. The summed E-state index contributed by atoms with van der Waals surface area (Å²) in [5.74, 6) is 0.731. The van der Waals surface area contributed by atoms with Crippen LogP contribution in [0.25, 0.3) is 16.8 Å². The van der Waals surface area contributed by atoms with Crippen LogP contribution in [-0.4, -0.2) is 40.1 Å². The van der Waals surface area contributed by atoms with Crippen molar-refractivity contribution in [2.75, 3.05) is 30.3 Å². The molecule has 4 rings (SSSR count). The predicted octanol–water partition coefficient (Wildman–Crippen LogP) is 1.35. The second kappa shape index (κ2) is 5.69. The smallest absolute Gasteiger partial charge is 0.238 e. The summed E-state index contributed by atoms with van der Waals surface area (Å²) in [7, 11) is 0. The maximum absolute atomic E-state index is 11.9. The molecule has 7 heteroatoms. The van der Waals surface area contributed by atoms with Gasteiger partial charge in [0.2, 0.25) is 5.91 Å². The van der Waals surface area contributed by atoms with Crippen molar-refractivity contribution in [2.24, 2.45) is 0 Å². The second-order valence-electron chi connectivity index (χ2n) is 5.37. The van der Waals surface area contributed by atoms with E-state index in [-0.39, 0.29) is 12.5 Å². The lowest BCUT2D eigenvalue weighted by Gasteiger charge is -2.11. The van der Waals surface area contributed by atoms with Gasteiger partial charge in [-0.3, -0.25) is 4.79 Å². The van der Waals surface area contributed by atoms with Gasteiger partial charge in [-0.25, -0.2) is 9.50 Å². The summed E-state index contributed by atoms with van der Waals surface area (Å²) in [6, 6.07) is 9.59. The Balaban J connectivity index is 1.84. The third-order valence-corrected chi connectivity index (χ3v) is 3.72. The highest BCUT2D eigenvalue weighted by atomic mass is 16.1. The molecule has 7 nitrogen and oxygen atoms in total. The molecule has 1 aromatic carbocycles. The summed E-state index contributed by atoms with van der Waals surface area (Å²) >= 11 is 0. The Labute approximate surface area is 132 Å². The molecule has 23 heavy (non-hydrogen) atoms. The molecule has 1 aliphatic heterocycles. The Morgan fingerprint density at radius 2 is 2.13 bits per heavy atom. The van der Waals surface area contributed by atoms with E-state index in [0.29, 0.717) is 13.1 Å². The van der Waals surface area contributed by atoms with Gasteiger partial charge >= 0.3 is 0 Å². The van der Waals surface area contributed by atoms with Crippen LogP contribution in [0, 0.1) is 0 Å². The normalized spacial score (nSPS) is 15.0. The Morgan fingerprint density at radius 1 is 1.17 bits per heavy atom. The summed E-state index contributed by atoms with van der Waals surface area (Å²) in [5.41, 5.74) is 3.44. The lowest BCUT2D eigenvalue weighted by atomic mass is 10.1.